The predicted octanol–water partition coefficient (Wildman–Crippen LogP) is 3.80. The van der Waals surface area contributed by atoms with Gasteiger partial charge in [-0.1, -0.05) is 23.7 Å². The fourth-order valence-electron chi connectivity index (χ4n) is 2.55. The normalized spacial score (nSPS) is 21.1. The molecule has 0 unspecified atom stereocenters. The number of rotatable bonds is 2. The summed E-state index contributed by atoms with van der Waals surface area (Å²) < 4.78 is 0. The van der Waals surface area contributed by atoms with Crippen molar-refractivity contribution in [2.45, 2.75) is 45.2 Å². The van der Waals surface area contributed by atoms with E-state index in [0.29, 0.717) is 6.42 Å². The lowest BCUT2D eigenvalue weighted by molar-refractivity contribution is -0.138. The molecule has 2 nitrogen and oxygen atoms in total. The van der Waals surface area contributed by atoms with Gasteiger partial charge < -0.3 is 4.90 Å². The Bertz CT molecular complexity index is 399. The van der Waals surface area contributed by atoms with Crippen molar-refractivity contribution in [3.05, 3.63) is 34.9 Å². The number of benzene rings is 1. The molecule has 3 heteroatoms. The number of likely N-dealkylation sites (tertiary alicyclic amines) is 1. The van der Waals surface area contributed by atoms with E-state index >= 15 is 0 Å². The van der Waals surface area contributed by atoms with Gasteiger partial charge in [-0.05, 0) is 44.4 Å². The van der Waals surface area contributed by atoms with Crippen LogP contribution in [0.15, 0.2) is 24.3 Å². The summed E-state index contributed by atoms with van der Waals surface area (Å²) in [6, 6.07) is 8.32. The van der Waals surface area contributed by atoms with E-state index in [2.05, 4.69) is 13.8 Å². The van der Waals surface area contributed by atoms with Gasteiger partial charge in [0.15, 0.2) is 0 Å². The molecule has 1 aromatic rings. The monoisotopic (exact) mass is 251 g/mol. The van der Waals surface area contributed by atoms with Crippen LogP contribution in [0.3, 0.4) is 0 Å². The Kier molecular flexibility index (Phi) is 3.72. The molecule has 0 spiro atoms. The van der Waals surface area contributed by atoms with Crippen molar-refractivity contribution in [1.82, 2.24) is 4.90 Å². The van der Waals surface area contributed by atoms with Gasteiger partial charge in [0.1, 0.15) is 0 Å². The Balaban J connectivity index is 2.28. The highest BCUT2D eigenvalue weighted by Gasteiger charge is 2.30. The van der Waals surface area contributed by atoms with Gasteiger partial charge in [-0.25, -0.2) is 0 Å². The summed E-state index contributed by atoms with van der Waals surface area (Å²) in [7, 11) is 0. The number of hydrogen-bond donors (Lipinski definition) is 0. The molecule has 0 aliphatic carbocycles. The van der Waals surface area contributed by atoms with Gasteiger partial charge in [0.2, 0.25) is 5.91 Å². The maximum Gasteiger partial charge on any atom is 0.223 e. The van der Waals surface area contributed by atoms with Gasteiger partial charge in [-0.2, -0.15) is 0 Å². The summed E-state index contributed by atoms with van der Waals surface area (Å²) in [6.45, 7) is 4.15. The first-order valence-corrected chi connectivity index (χ1v) is 6.54. The first kappa shape index (κ1) is 12.4. The molecule has 2 rings (SSSR count). The van der Waals surface area contributed by atoms with E-state index in [9.17, 15) is 4.79 Å². The molecule has 17 heavy (non-hydrogen) atoms. The second kappa shape index (κ2) is 5.09. The van der Waals surface area contributed by atoms with Gasteiger partial charge >= 0.3 is 0 Å². The van der Waals surface area contributed by atoms with Crippen molar-refractivity contribution in [3.8, 4) is 0 Å². The van der Waals surface area contributed by atoms with E-state index < -0.39 is 0 Å². The van der Waals surface area contributed by atoms with Crippen LogP contribution >= 0.6 is 11.6 Å². The average molecular weight is 252 g/mol. The Morgan fingerprint density at radius 3 is 2.53 bits per heavy atom. The Labute approximate surface area is 108 Å². The third kappa shape index (κ3) is 2.63. The van der Waals surface area contributed by atoms with Crippen molar-refractivity contribution in [2.24, 2.45) is 0 Å². The van der Waals surface area contributed by atoms with E-state index in [-0.39, 0.29) is 18.0 Å². The Hall–Kier alpha value is -1.02. The minimum Gasteiger partial charge on any atom is -0.333 e. The standard InChI is InChI=1S/C14H18ClNO/c1-10(2)16-13(4-3-5-14(16)17)11-6-8-12(15)9-7-11/h6-10,13H,3-5H2,1-2H3/t13-/m0/s1. The SMILES string of the molecule is CC(C)N1C(=O)CCC[C@H]1c1ccc(Cl)cc1. The summed E-state index contributed by atoms with van der Waals surface area (Å²) in [6.07, 6.45) is 2.71. The predicted molar refractivity (Wildman–Crippen MR) is 70.0 cm³/mol. The summed E-state index contributed by atoms with van der Waals surface area (Å²) in [5.74, 6) is 0.270. The van der Waals surface area contributed by atoms with Crippen LogP contribution < -0.4 is 0 Å². The van der Waals surface area contributed by atoms with E-state index in [1.54, 1.807) is 0 Å². The first-order valence-electron chi connectivity index (χ1n) is 6.16. The quantitative estimate of drug-likeness (QED) is 0.783. The molecule has 1 atom stereocenters. The van der Waals surface area contributed by atoms with Gasteiger partial charge in [0, 0.05) is 17.5 Å². The molecule has 1 aliphatic rings. The zero-order valence-corrected chi connectivity index (χ0v) is 11.1. The summed E-state index contributed by atoms with van der Waals surface area (Å²) >= 11 is 5.90. The summed E-state index contributed by atoms with van der Waals surface area (Å²) in [4.78, 5) is 14.0. The molecule has 1 aliphatic heterocycles. The van der Waals surface area contributed by atoms with E-state index in [1.807, 2.05) is 29.2 Å². The second-order valence-corrected chi connectivity index (χ2v) is 5.29. The number of hydrogen-bond acceptors (Lipinski definition) is 1. The van der Waals surface area contributed by atoms with Crippen molar-refractivity contribution >= 4 is 17.5 Å². The van der Waals surface area contributed by atoms with Crippen LogP contribution in [-0.2, 0) is 4.79 Å². The van der Waals surface area contributed by atoms with Crippen LogP contribution in [0.5, 0.6) is 0 Å². The fraction of sp³-hybridized carbons (Fsp3) is 0.500. The number of piperidine rings is 1. The third-order valence-electron chi connectivity index (χ3n) is 3.30. The van der Waals surface area contributed by atoms with Crippen LogP contribution in [0.4, 0.5) is 0 Å². The minimum absolute atomic E-state index is 0.216. The van der Waals surface area contributed by atoms with Gasteiger partial charge in [-0.15, -0.1) is 0 Å². The van der Waals surface area contributed by atoms with Gasteiger partial charge in [0.25, 0.3) is 0 Å². The molecule has 0 radical (unpaired) electrons. The van der Waals surface area contributed by atoms with Crippen LogP contribution in [0.1, 0.15) is 44.7 Å². The van der Waals surface area contributed by atoms with Crippen molar-refractivity contribution in [2.75, 3.05) is 0 Å². The molecular weight excluding hydrogens is 234 g/mol. The minimum atomic E-state index is 0.216. The molecular formula is C14H18ClNO. The number of nitrogens with zero attached hydrogens (tertiary/aromatic N) is 1. The van der Waals surface area contributed by atoms with Gasteiger partial charge in [0.05, 0.1) is 6.04 Å². The van der Waals surface area contributed by atoms with Crippen molar-refractivity contribution < 1.29 is 4.79 Å². The zero-order valence-electron chi connectivity index (χ0n) is 10.3. The average Bonchev–Trinajstić information content (AvgIpc) is 2.29. The molecule has 92 valence electrons. The van der Waals surface area contributed by atoms with E-state index in [4.69, 9.17) is 11.6 Å². The fourth-order valence-corrected chi connectivity index (χ4v) is 2.67. The molecule has 1 heterocycles. The zero-order chi connectivity index (χ0) is 12.4. The smallest absolute Gasteiger partial charge is 0.223 e. The lowest BCUT2D eigenvalue weighted by Gasteiger charge is -2.39. The lowest BCUT2D eigenvalue weighted by Crippen LogP contribution is -2.42. The van der Waals surface area contributed by atoms with E-state index in [0.717, 1.165) is 17.9 Å². The number of carbonyl (C=O) groups is 1. The molecule has 0 saturated carbocycles. The number of carbonyl (C=O) groups excluding carboxylic acids is 1. The molecule has 0 aromatic heterocycles. The van der Waals surface area contributed by atoms with Crippen LogP contribution in [0.2, 0.25) is 5.02 Å². The third-order valence-corrected chi connectivity index (χ3v) is 3.56. The number of halogens is 1. The van der Waals surface area contributed by atoms with Crippen LogP contribution in [0, 0.1) is 0 Å². The maximum absolute atomic E-state index is 12.0. The van der Waals surface area contributed by atoms with Crippen LogP contribution in [-0.4, -0.2) is 16.8 Å². The van der Waals surface area contributed by atoms with Gasteiger partial charge in [-0.3, -0.25) is 4.79 Å². The topological polar surface area (TPSA) is 20.3 Å². The summed E-state index contributed by atoms with van der Waals surface area (Å²) in [5.41, 5.74) is 1.19. The second-order valence-electron chi connectivity index (χ2n) is 4.85. The highest BCUT2D eigenvalue weighted by molar-refractivity contribution is 6.30. The molecule has 1 saturated heterocycles. The highest BCUT2D eigenvalue weighted by Crippen LogP contribution is 2.33. The van der Waals surface area contributed by atoms with E-state index in [1.165, 1.54) is 5.56 Å². The highest BCUT2D eigenvalue weighted by atomic mass is 35.5. The van der Waals surface area contributed by atoms with Crippen molar-refractivity contribution in [3.63, 3.8) is 0 Å². The largest absolute Gasteiger partial charge is 0.333 e. The molecule has 1 fully saturated rings. The Morgan fingerprint density at radius 2 is 1.94 bits per heavy atom. The first-order chi connectivity index (χ1) is 8.09. The summed E-state index contributed by atoms with van der Waals surface area (Å²) in [5, 5.41) is 0.743. The van der Waals surface area contributed by atoms with Crippen LogP contribution in [0.25, 0.3) is 0 Å². The maximum atomic E-state index is 12.0. The number of amides is 1. The molecule has 1 amide bonds. The Morgan fingerprint density at radius 1 is 1.29 bits per heavy atom. The molecule has 0 bridgehead atoms. The lowest BCUT2D eigenvalue weighted by atomic mass is 9.93. The molecule has 1 aromatic carbocycles. The van der Waals surface area contributed by atoms with Crippen molar-refractivity contribution in [1.29, 1.82) is 0 Å². The molecule has 0 N–H and O–H groups in total.